The number of nitrogens with zero attached hydrogens (tertiary/aromatic N) is 1. The van der Waals surface area contributed by atoms with Gasteiger partial charge in [0, 0.05) is 0 Å². The topological polar surface area (TPSA) is 68.0 Å². The van der Waals surface area contributed by atoms with Crippen LogP contribution in [0.3, 0.4) is 0 Å². The fraction of sp³-hybridized carbons (Fsp3) is 0. The molecule has 0 aliphatic rings. The number of carbonyl (C=O) groups is 1. The van der Waals surface area contributed by atoms with E-state index in [2.05, 4.69) is 10.3 Å². The number of hydrogen-bond acceptors (Lipinski definition) is 3. The van der Waals surface area contributed by atoms with E-state index in [1.54, 1.807) is 12.1 Å². The number of nitrogens with two attached hydrogens (primary N) is 1. The Morgan fingerprint density at radius 3 is 2.90 bits per heavy atom. The van der Waals surface area contributed by atoms with Crippen molar-refractivity contribution in [3.63, 3.8) is 0 Å². The number of aromatic nitrogens is 1. The molecule has 1 rings (SSSR count). The maximum atomic E-state index is 9.88. The molecule has 0 spiro atoms. The first-order valence-electron chi connectivity index (χ1n) is 2.74. The van der Waals surface area contributed by atoms with Gasteiger partial charge in [-0.3, -0.25) is 4.79 Å². The minimum absolute atomic E-state index is 0.504. The van der Waals surface area contributed by atoms with Gasteiger partial charge in [-0.2, -0.15) is 0 Å². The molecule has 0 saturated carbocycles. The molecule has 1 amide bonds. The molecule has 0 aliphatic heterocycles. The standard InChI is InChI=1S/C6H7N3O/c7-5-1-2-6(8-3-5)9-4-10/h1-4H,7H2,(H,8,9,10). The second-order valence-electron chi connectivity index (χ2n) is 1.74. The summed E-state index contributed by atoms with van der Waals surface area (Å²) < 4.78 is 0. The molecule has 1 aromatic rings. The zero-order chi connectivity index (χ0) is 7.40. The van der Waals surface area contributed by atoms with Crippen LogP contribution >= 0.6 is 0 Å². The fourth-order valence-corrected chi connectivity index (χ4v) is 0.551. The van der Waals surface area contributed by atoms with Gasteiger partial charge in [-0.15, -0.1) is 0 Å². The highest BCUT2D eigenvalue weighted by atomic mass is 16.1. The number of hydrogen-bond donors (Lipinski definition) is 2. The summed E-state index contributed by atoms with van der Waals surface area (Å²) in [6, 6.07) is 3.29. The summed E-state index contributed by atoms with van der Waals surface area (Å²) in [6.45, 7) is 0. The van der Waals surface area contributed by atoms with E-state index in [0.717, 1.165) is 0 Å². The maximum Gasteiger partial charge on any atom is 0.212 e. The second-order valence-corrected chi connectivity index (χ2v) is 1.74. The van der Waals surface area contributed by atoms with E-state index in [0.29, 0.717) is 17.9 Å². The van der Waals surface area contributed by atoms with Crippen molar-refractivity contribution in [2.75, 3.05) is 11.1 Å². The van der Waals surface area contributed by atoms with Crippen molar-refractivity contribution in [2.24, 2.45) is 0 Å². The predicted molar refractivity (Wildman–Crippen MR) is 38.3 cm³/mol. The Hall–Kier alpha value is -1.58. The molecule has 0 unspecified atom stereocenters. The number of nitrogens with one attached hydrogen (secondary N) is 1. The van der Waals surface area contributed by atoms with Crippen LogP contribution in [0.1, 0.15) is 0 Å². The monoisotopic (exact) mass is 137 g/mol. The van der Waals surface area contributed by atoms with E-state index in [4.69, 9.17) is 5.73 Å². The average Bonchev–Trinajstić information content (AvgIpc) is 1.95. The molecule has 0 atom stereocenters. The van der Waals surface area contributed by atoms with Crippen LogP contribution < -0.4 is 11.1 Å². The zero-order valence-corrected chi connectivity index (χ0v) is 5.24. The summed E-state index contributed by atoms with van der Waals surface area (Å²) in [5, 5.41) is 2.39. The molecule has 0 aromatic carbocycles. The van der Waals surface area contributed by atoms with Gasteiger partial charge in [0.2, 0.25) is 6.41 Å². The minimum Gasteiger partial charge on any atom is -0.397 e. The number of rotatable bonds is 2. The lowest BCUT2D eigenvalue weighted by molar-refractivity contribution is -0.105. The average molecular weight is 137 g/mol. The third-order valence-electron chi connectivity index (χ3n) is 0.993. The van der Waals surface area contributed by atoms with Gasteiger partial charge < -0.3 is 11.1 Å². The van der Waals surface area contributed by atoms with E-state index in [-0.39, 0.29) is 0 Å². The third kappa shape index (κ3) is 1.45. The van der Waals surface area contributed by atoms with Gasteiger partial charge in [-0.05, 0) is 12.1 Å². The van der Waals surface area contributed by atoms with Gasteiger partial charge in [-0.1, -0.05) is 0 Å². The normalized spacial score (nSPS) is 8.80. The summed E-state index contributed by atoms with van der Waals surface area (Å²) in [6.07, 6.45) is 2.05. The van der Waals surface area contributed by atoms with E-state index >= 15 is 0 Å². The molecule has 3 N–H and O–H groups in total. The summed E-state index contributed by atoms with van der Waals surface area (Å²) in [5.74, 6) is 0.504. The molecular formula is C6H7N3O. The van der Waals surface area contributed by atoms with Crippen molar-refractivity contribution in [1.82, 2.24) is 4.98 Å². The highest BCUT2D eigenvalue weighted by molar-refractivity contribution is 5.68. The molecule has 1 aromatic heterocycles. The first kappa shape index (κ1) is 6.54. The lowest BCUT2D eigenvalue weighted by Crippen LogP contribution is -1.96. The van der Waals surface area contributed by atoms with Crippen LogP contribution in [-0.4, -0.2) is 11.4 Å². The van der Waals surface area contributed by atoms with Crippen LogP contribution in [0.2, 0.25) is 0 Å². The first-order valence-corrected chi connectivity index (χ1v) is 2.74. The molecular weight excluding hydrogens is 130 g/mol. The van der Waals surface area contributed by atoms with Gasteiger partial charge in [-0.25, -0.2) is 4.98 Å². The van der Waals surface area contributed by atoms with Crippen molar-refractivity contribution >= 4 is 17.9 Å². The maximum absolute atomic E-state index is 9.88. The SMILES string of the molecule is Nc1ccc(NC=O)nc1. The lowest BCUT2D eigenvalue weighted by Gasteiger charge is -1.95. The van der Waals surface area contributed by atoms with E-state index in [9.17, 15) is 4.79 Å². The smallest absolute Gasteiger partial charge is 0.212 e. The molecule has 0 bridgehead atoms. The fourth-order valence-electron chi connectivity index (χ4n) is 0.551. The zero-order valence-electron chi connectivity index (χ0n) is 5.24. The molecule has 0 aliphatic carbocycles. The molecule has 52 valence electrons. The van der Waals surface area contributed by atoms with Gasteiger partial charge >= 0.3 is 0 Å². The van der Waals surface area contributed by atoms with Crippen molar-refractivity contribution in [1.29, 1.82) is 0 Å². The Morgan fingerprint density at radius 1 is 1.60 bits per heavy atom. The summed E-state index contributed by atoms with van der Waals surface area (Å²) in [5.41, 5.74) is 5.92. The first-order chi connectivity index (χ1) is 4.83. The number of amides is 1. The molecule has 0 saturated heterocycles. The quantitative estimate of drug-likeness (QED) is 0.573. The Morgan fingerprint density at radius 2 is 2.40 bits per heavy atom. The van der Waals surface area contributed by atoms with Crippen molar-refractivity contribution < 1.29 is 4.79 Å². The molecule has 0 fully saturated rings. The second kappa shape index (κ2) is 2.82. The number of carbonyl (C=O) groups excluding carboxylic acids is 1. The van der Waals surface area contributed by atoms with Crippen LogP contribution in [0.5, 0.6) is 0 Å². The van der Waals surface area contributed by atoms with Crippen molar-refractivity contribution in [2.45, 2.75) is 0 Å². The van der Waals surface area contributed by atoms with Gasteiger partial charge in [0.05, 0.1) is 11.9 Å². The van der Waals surface area contributed by atoms with Gasteiger partial charge in [0.1, 0.15) is 5.82 Å². The highest BCUT2D eigenvalue weighted by Crippen LogP contribution is 2.03. The van der Waals surface area contributed by atoms with Crippen LogP contribution in [0.15, 0.2) is 18.3 Å². The van der Waals surface area contributed by atoms with Gasteiger partial charge in [0.25, 0.3) is 0 Å². The number of pyridine rings is 1. The Kier molecular flexibility index (Phi) is 1.84. The molecule has 4 heteroatoms. The van der Waals surface area contributed by atoms with Crippen LogP contribution in [0.25, 0.3) is 0 Å². The van der Waals surface area contributed by atoms with Crippen molar-refractivity contribution in [3.05, 3.63) is 18.3 Å². The minimum atomic E-state index is 0.504. The molecule has 1 heterocycles. The Balaban J connectivity index is 2.78. The van der Waals surface area contributed by atoms with E-state index < -0.39 is 0 Å². The van der Waals surface area contributed by atoms with Crippen LogP contribution in [0.4, 0.5) is 11.5 Å². The molecule has 0 radical (unpaired) electrons. The van der Waals surface area contributed by atoms with E-state index in [1.165, 1.54) is 6.20 Å². The van der Waals surface area contributed by atoms with E-state index in [1.807, 2.05) is 0 Å². The molecule has 4 nitrogen and oxygen atoms in total. The van der Waals surface area contributed by atoms with Crippen molar-refractivity contribution in [3.8, 4) is 0 Å². The van der Waals surface area contributed by atoms with Crippen LogP contribution in [0, 0.1) is 0 Å². The predicted octanol–water partition coefficient (Wildman–Crippen LogP) is 0.232. The lowest BCUT2D eigenvalue weighted by atomic mass is 10.4. The third-order valence-corrected chi connectivity index (χ3v) is 0.993. The highest BCUT2D eigenvalue weighted by Gasteiger charge is 1.88. The summed E-state index contributed by atoms with van der Waals surface area (Å²) in [7, 11) is 0. The largest absolute Gasteiger partial charge is 0.397 e. The Labute approximate surface area is 58.1 Å². The van der Waals surface area contributed by atoms with Gasteiger partial charge in [0.15, 0.2) is 0 Å². The molecule has 10 heavy (non-hydrogen) atoms. The number of nitrogen functional groups attached to an aromatic ring is 1. The number of anilines is 2. The van der Waals surface area contributed by atoms with Crippen LogP contribution in [-0.2, 0) is 4.79 Å². The summed E-state index contributed by atoms with van der Waals surface area (Å²) >= 11 is 0. The Bertz CT molecular complexity index is 219. The summed E-state index contributed by atoms with van der Waals surface area (Å²) in [4.78, 5) is 13.7.